The fourth-order valence-electron chi connectivity index (χ4n) is 3.84. The van der Waals surface area contributed by atoms with E-state index in [-0.39, 0.29) is 48.3 Å². The summed E-state index contributed by atoms with van der Waals surface area (Å²) < 4.78 is 37.6. The highest BCUT2D eigenvalue weighted by atomic mass is 19.4. The van der Waals surface area contributed by atoms with Crippen molar-refractivity contribution in [1.29, 1.82) is 0 Å². The van der Waals surface area contributed by atoms with Crippen molar-refractivity contribution in [2.24, 2.45) is 11.8 Å². The van der Waals surface area contributed by atoms with Crippen molar-refractivity contribution in [3.63, 3.8) is 0 Å². The number of pyridine rings is 1. The average molecular weight is 379 g/mol. The van der Waals surface area contributed by atoms with Gasteiger partial charge in [0.15, 0.2) is 0 Å². The van der Waals surface area contributed by atoms with Gasteiger partial charge in [-0.1, -0.05) is 12.2 Å². The van der Waals surface area contributed by atoms with Crippen molar-refractivity contribution in [3.05, 3.63) is 41.7 Å². The zero-order chi connectivity index (χ0) is 19.3. The SMILES string of the molecule is O=C(c1ccc(C(F)(F)F)nc1)N1CC(N2C(=O)C3CC=CCC3C2=O)C1. The van der Waals surface area contributed by atoms with Crippen LogP contribution in [-0.4, -0.2) is 51.6 Å². The summed E-state index contributed by atoms with van der Waals surface area (Å²) in [6, 6.07) is 1.47. The second-order valence-electron chi connectivity index (χ2n) is 7.00. The van der Waals surface area contributed by atoms with Gasteiger partial charge in [0.2, 0.25) is 11.8 Å². The second kappa shape index (κ2) is 6.17. The molecule has 0 aromatic carbocycles. The lowest BCUT2D eigenvalue weighted by Gasteiger charge is -2.43. The van der Waals surface area contributed by atoms with E-state index in [1.165, 1.54) is 9.80 Å². The number of nitrogens with zero attached hydrogens (tertiary/aromatic N) is 3. The van der Waals surface area contributed by atoms with Crippen LogP contribution in [0.15, 0.2) is 30.5 Å². The van der Waals surface area contributed by atoms with E-state index in [1.807, 2.05) is 12.2 Å². The minimum absolute atomic E-state index is 0.0402. The van der Waals surface area contributed by atoms with Gasteiger partial charge in [-0.3, -0.25) is 24.3 Å². The first-order chi connectivity index (χ1) is 12.8. The lowest BCUT2D eigenvalue weighted by atomic mass is 9.85. The first-order valence-electron chi connectivity index (χ1n) is 8.62. The van der Waals surface area contributed by atoms with Crippen LogP contribution in [0.3, 0.4) is 0 Å². The van der Waals surface area contributed by atoms with Crippen molar-refractivity contribution in [3.8, 4) is 0 Å². The topological polar surface area (TPSA) is 70.6 Å². The molecule has 142 valence electrons. The molecule has 0 saturated carbocycles. The molecule has 9 heteroatoms. The van der Waals surface area contributed by atoms with Gasteiger partial charge in [0.1, 0.15) is 5.69 Å². The number of likely N-dealkylation sites (tertiary alicyclic amines) is 2. The molecule has 2 unspecified atom stereocenters. The maximum Gasteiger partial charge on any atom is 0.433 e. The Labute approximate surface area is 152 Å². The van der Waals surface area contributed by atoms with Gasteiger partial charge in [-0.05, 0) is 25.0 Å². The molecule has 0 bridgehead atoms. The Morgan fingerprint density at radius 1 is 1.04 bits per heavy atom. The summed E-state index contributed by atoms with van der Waals surface area (Å²) in [5.41, 5.74) is -1.02. The third-order valence-corrected chi connectivity index (χ3v) is 5.36. The number of aromatic nitrogens is 1. The normalized spacial score (nSPS) is 25.6. The monoisotopic (exact) mass is 379 g/mol. The highest BCUT2D eigenvalue weighted by Gasteiger charge is 2.52. The molecule has 2 aliphatic heterocycles. The molecule has 0 spiro atoms. The molecule has 0 radical (unpaired) electrons. The molecule has 3 amide bonds. The molecular formula is C18H16F3N3O3. The fraction of sp³-hybridized carbons (Fsp3) is 0.444. The summed E-state index contributed by atoms with van der Waals surface area (Å²) in [4.78, 5) is 43.4. The van der Waals surface area contributed by atoms with Crippen LogP contribution in [0.5, 0.6) is 0 Å². The van der Waals surface area contributed by atoms with E-state index in [0.29, 0.717) is 12.8 Å². The average Bonchev–Trinajstić information content (AvgIpc) is 2.85. The molecule has 6 nitrogen and oxygen atoms in total. The van der Waals surface area contributed by atoms with Gasteiger partial charge in [-0.15, -0.1) is 0 Å². The standard InChI is InChI=1S/C18H16F3N3O3/c19-18(20,21)14-6-5-10(7-22-14)15(25)23-8-11(9-23)24-16(26)12-3-1-2-4-13(12)17(24)27/h1-2,5-7,11-13H,3-4,8-9H2. The minimum Gasteiger partial charge on any atom is -0.334 e. The number of allylic oxidation sites excluding steroid dienone is 2. The lowest BCUT2D eigenvalue weighted by Crippen LogP contribution is -2.62. The minimum atomic E-state index is -4.56. The fourth-order valence-corrected chi connectivity index (χ4v) is 3.84. The van der Waals surface area contributed by atoms with Gasteiger partial charge in [0.05, 0.1) is 23.4 Å². The molecule has 1 aromatic heterocycles. The number of halogens is 3. The van der Waals surface area contributed by atoms with Crippen molar-refractivity contribution >= 4 is 17.7 Å². The van der Waals surface area contributed by atoms with E-state index in [2.05, 4.69) is 4.98 Å². The molecule has 4 rings (SSSR count). The maximum atomic E-state index is 12.5. The number of fused-ring (bicyclic) bond motifs is 1. The van der Waals surface area contributed by atoms with Gasteiger partial charge >= 0.3 is 6.18 Å². The molecule has 1 aromatic rings. The number of rotatable bonds is 2. The summed E-state index contributed by atoms with van der Waals surface area (Å²) in [5.74, 6) is -1.48. The molecule has 27 heavy (non-hydrogen) atoms. The Balaban J connectivity index is 1.40. The van der Waals surface area contributed by atoms with Crippen LogP contribution in [0.2, 0.25) is 0 Å². The highest BCUT2D eigenvalue weighted by Crippen LogP contribution is 2.37. The van der Waals surface area contributed by atoms with Gasteiger partial charge in [0, 0.05) is 19.3 Å². The van der Waals surface area contributed by atoms with Crippen LogP contribution < -0.4 is 0 Å². The van der Waals surface area contributed by atoms with E-state index in [9.17, 15) is 27.6 Å². The van der Waals surface area contributed by atoms with E-state index in [1.54, 1.807) is 0 Å². The van der Waals surface area contributed by atoms with Crippen molar-refractivity contribution in [2.45, 2.75) is 25.1 Å². The van der Waals surface area contributed by atoms with Crippen LogP contribution in [0.25, 0.3) is 0 Å². The number of amides is 3. The molecule has 3 heterocycles. The smallest absolute Gasteiger partial charge is 0.334 e. The van der Waals surface area contributed by atoms with Gasteiger partial charge in [-0.2, -0.15) is 13.2 Å². The predicted octanol–water partition coefficient (Wildman–Crippen LogP) is 1.88. The lowest BCUT2D eigenvalue weighted by molar-refractivity contribution is -0.146. The largest absolute Gasteiger partial charge is 0.433 e. The molecule has 2 fully saturated rings. The molecule has 0 N–H and O–H groups in total. The summed E-state index contributed by atoms with van der Waals surface area (Å²) in [6.45, 7) is 0.369. The molecule has 3 aliphatic rings. The van der Waals surface area contributed by atoms with Crippen molar-refractivity contribution in [2.75, 3.05) is 13.1 Å². The number of carbonyl (C=O) groups excluding carboxylic acids is 3. The predicted molar refractivity (Wildman–Crippen MR) is 86.1 cm³/mol. The molecule has 2 atom stereocenters. The molecule has 2 saturated heterocycles. The number of alkyl halides is 3. The maximum absolute atomic E-state index is 12.5. The zero-order valence-electron chi connectivity index (χ0n) is 14.1. The van der Waals surface area contributed by atoms with Crippen LogP contribution in [0.4, 0.5) is 13.2 Å². The Morgan fingerprint density at radius 3 is 2.11 bits per heavy atom. The first kappa shape index (κ1) is 17.7. The highest BCUT2D eigenvalue weighted by molar-refractivity contribution is 6.06. The van der Waals surface area contributed by atoms with E-state index in [4.69, 9.17) is 0 Å². The van der Waals surface area contributed by atoms with E-state index >= 15 is 0 Å². The number of hydrogen-bond donors (Lipinski definition) is 0. The number of imide groups is 1. The zero-order valence-corrected chi connectivity index (χ0v) is 14.1. The summed E-state index contributed by atoms with van der Waals surface area (Å²) in [7, 11) is 0. The van der Waals surface area contributed by atoms with Gasteiger partial charge < -0.3 is 4.90 Å². The Kier molecular flexibility index (Phi) is 4.05. The van der Waals surface area contributed by atoms with Gasteiger partial charge in [-0.25, -0.2) is 0 Å². The van der Waals surface area contributed by atoms with Crippen molar-refractivity contribution in [1.82, 2.24) is 14.8 Å². The number of hydrogen-bond acceptors (Lipinski definition) is 4. The van der Waals surface area contributed by atoms with E-state index in [0.717, 1.165) is 18.3 Å². The Bertz CT molecular complexity index is 802. The van der Waals surface area contributed by atoms with Crippen molar-refractivity contribution < 1.29 is 27.6 Å². The van der Waals surface area contributed by atoms with Crippen LogP contribution >= 0.6 is 0 Å². The first-order valence-corrected chi connectivity index (χ1v) is 8.62. The molecule has 1 aliphatic carbocycles. The Hall–Kier alpha value is -2.71. The van der Waals surface area contributed by atoms with Gasteiger partial charge in [0.25, 0.3) is 5.91 Å². The second-order valence-corrected chi connectivity index (χ2v) is 7.00. The van der Waals surface area contributed by atoms with Crippen LogP contribution in [-0.2, 0) is 15.8 Å². The van der Waals surface area contributed by atoms with Crippen LogP contribution in [0.1, 0.15) is 28.9 Å². The third kappa shape index (κ3) is 2.90. The third-order valence-electron chi connectivity index (χ3n) is 5.36. The van der Waals surface area contributed by atoms with E-state index < -0.39 is 17.8 Å². The quantitative estimate of drug-likeness (QED) is 0.581. The van der Waals surface area contributed by atoms with Crippen LogP contribution in [0, 0.1) is 11.8 Å². The molecular weight excluding hydrogens is 363 g/mol. The number of carbonyl (C=O) groups is 3. The summed E-state index contributed by atoms with van der Waals surface area (Å²) >= 11 is 0. The Morgan fingerprint density at radius 2 is 1.63 bits per heavy atom. The summed E-state index contributed by atoms with van der Waals surface area (Å²) in [6.07, 6.45) is 1.25. The summed E-state index contributed by atoms with van der Waals surface area (Å²) in [5, 5.41) is 0.